The van der Waals surface area contributed by atoms with E-state index >= 15 is 0 Å². The molecule has 2 N–H and O–H groups in total. The summed E-state index contributed by atoms with van der Waals surface area (Å²) >= 11 is 7.40. The van der Waals surface area contributed by atoms with Gasteiger partial charge in [0.2, 0.25) is 15.9 Å². The molecule has 0 atom stereocenters. The number of aromatic nitrogens is 2. The van der Waals surface area contributed by atoms with E-state index in [0.717, 1.165) is 16.3 Å². The maximum atomic E-state index is 12.3. The summed E-state index contributed by atoms with van der Waals surface area (Å²) in [5, 5.41) is 9.75. The Bertz CT molecular complexity index is 1090. The summed E-state index contributed by atoms with van der Waals surface area (Å²) in [6.07, 6.45) is 0.534. The van der Waals surface area contributed by atoms with Crippen molar-refractivity contribution in [1.29, 1.82) is 0 Å². The lowest BCUT2D eigenvalue weighted by atomic mass is 10.2. The molecule has 0 unspecified atom stereocenters. The molecule has 0 fully saturated rings. The van der Waals surface area contributed by atoms with Gasteiger partial charge < -0.3 is 9.84 Å². The molecule has 2 aromatic heterocycles. The van der Waals surface area contributed by atoms with Crippen molar-refractivity contribution in [2.75, 3.05) is 13.1 Å². The summed E-state index contributed by atoms with van der Waals surface area (Å²) in [6.45, 7) is 2.99. The zero-order valence-corrected chi connectivity index (χ0v) is 18.1. The van der Waals surface area contributed by atoms with Crippen LogP contribution in [0.3, 0.4) is 0 Å². The van der Waals surface area contributed by atoms with Crippen LogP contribution in [0.5, 0.6) is 0 Å². The molecule has 0 aliphatic rings. The van der Waals surface area contributed by atoms with E-state index in [1.54, 1.807) is 0 Å². The first kappa shape index (κ1) is 21.4. The van der Waals surface area contributed by atoms with E-state index in [1.807, 2.05) is 29.6 Å². The van der Waals surface area contributed by atoms with Crippen molar-refractivity contribution >= 4 is 38.9 Å². The lowest BCUT2D eigenvalue weighted by Gasteiger charge is -2.07. The maximum Gasteiger partial charge on any atom is 0.246 e. The molecule has 29 heavy (non-hydrogen) atoms. The van der Waals surface area contributed by atoms with Gasteiger partial charge in [-0.15, -0.1) is 11.3 Å². The Balaban J connectivity index is 1.47. The van der Waals surface area contributed by atoms with Crippen LogP contribution < -0.4 is 10.0 Å². The van der Waals surface area contributed by atoms with Gasteiger partial charge in [0, 0.05) is 28.9 Å². The van der Waals surface area contributed by atoms with Crippen LogP contribution >= 0.6 is 22.9 Å². The van der Waals surface area contributed by atoms with Gasteiger partial charge in [-0.3, -0.25) is 4.79 Å². The fourth-order valence-corrected chi connectivity index (χ4v) is 4.92. The number of rotatable bonds is 8. The van der Waals surface area contributed by atoms with Crippen LogP contribution in [0.2, 0.25) is 5.02 Å². The Morgan fingerprint density at radius 2 is 1.97 bits per heavy atom. The number of sulfonamides is 1. The molecule has 0 aliphatic heterocycles. The number of hydrogen-bond acceptors (Lipinski definition) is 7. The quantitative estimate of drug-likeness (QED) is 0.540. The molecule has 11 heteroatoms. The Morgan fingerprint density at radius 1 is 1.24 bits per heavy atom. The third-order valence-corrected chi connectivity index (χ3v) is 6.84. The summed E-state index contributed by atoms with van der Waals surface area (Å²) in [6, 6.07) is 7.42. The number of carbonyl (C=O) groups is 1. The molecule has 3 aromatic rings. The summed E-state index contributed by atoms with van der Waals surface area (Å²) in [7, 11) is -3.87. The first-order valence-electron chi connectivity index (χ1n) is 8.66. The Labute approximate surface area is 177 Å². The number of halogens is 1. The Morgan fingerprint density at radius 3 is 2.62 bits per heavy atom. The van der Waals surface area contributed by atoms with E-state index in [4.69, 9.17) is 16.1 Å². The molecule has 0 saturated carbocycles. The van der Waals surface area contributed by atoms with E-state index in [0.29, 0.717) is 18.0 Å². The highest BCUT2D eigenvalue weighted by molar-refractivity contribution is 7.89. The lowest BCUT2D eigenvalue weighted by Crippen LogP contribution is -2.38. The highest BCUT2D eigenvalue weighted by Gasteiger charge is 2.24. The van der Waals surface area contributed by atoms with Gasteiger partial charge in [0.05, 0.1) is 12.2 Å². The first-order chi connectivity index (χ1) is 13.8. The predicted octanol–water partition coefficient (Wildman–Crippen LogP) is 2.71. The monoisotopic (exact) mass is 454 g/mol. The SMILES string of the molecule is Cc1noc(C)c1S(=O)(=O)NCC(=O)NCCc1csc(-c2ccc(Cl)cc2)n1. The molecule has 2 heterocycles. The third-order valence-electron chi connectivity index (χ3n) is 4.01. The standard InChI is InChI=1S/C18H19ClN4O4S2/c1-11-17(12(2)27-23-11)29(25,26)21-9-16(24)20-8-7-15-10-28-18(22-15)13-3-5-14(19)6-4-13/h3-6,10,21H,7-9H2,1-2H3,(H,20,24). The van der Waals surface area contributed by atoms with Crippen molar-refractivity contribution in [3.8, 4) is 10.6 Å². The number of benzene rings is 1. The fourth-order valence-electron chi connectivity index (χ4n) is 2.63. The predicted molar refractivity (Wildman–Crippen MR) is 110 cm³/mol. The second kappa shape index (κ2) is 9.04. The molecular formula is C18H19ClN4O4S2. The minimum Gasteiger partial charge on any atom is -0.360 e. The second-order valence-electron chi connectivity index (χ2n) is 6.23. The number of nitrogens with zero attached hydrogens (tertiary/aromatic N) is 2. The molecule has 0 spiro atoms. The zero-order chi connectivity index (χ0) is 21.0. The molecule has 8 nitrogen and oxygen atoms in total. The highest BCUT2D eigenvalue weighted by atomic mass is 35.5. The van der Waals surface area contributed by atoms with Crippen LogP contribution in [-0.2, 0) is 21.2 Å². The fraction of sp³-hybridized carbons (Fsp3) is 0.278. The normalized spacial score (nSPS) is 11.6. The molecule has 154 valence electrons. The number of carbonyl (C=O) groups excluding carboxylic acids is 1. The van der Waals surface area contributed by atoms with E-state index in [9.17, 15) is 13.2 Å². The van der Waals surface area contributed by atoms with Crippen molar-refractivity contribution in [2.45, 2.75) is 25.2 Å². The molecule has 1 amide bonds. The molecular weight excluding hydrogens is 436 g/mol. The first-order valence-corrected chi connectivity index (χ1v) is 11.4. The number of nitrogens with one attached hydrogen (secondary N) is 2. The van der Waals surface area contributed by atoms with Gasteiger partial charge in [0.25, 0.3) is 0 Å². The minimum absolute atomic E-state index is 0.0393. The van der Waals surface area contributed by atoms with Crippen LogP contribution in [0.25, 0.3) is 10.6 Å². The molecule has 3 rings (SSSR count). The molecule has 1 aromatic carbocycles. The average molecular weight is 455 g/mol. The van der Waals surface area contributed by atoms with E-state index in [1.165, 1.54) is 25.2 Å². The van der Waals surface area contributed by atoms with Gasteiger partial charge in [-0.1, -0.05) is 28.9 Å². The number of amides is 1. The Kier molecular flexibility index (Phi) is 6.68. The van der Waals surface area contributed by atoms with Crippen molar-refractivity contribution in [2.24, 2.45) is 0 Å². The van der Waals surface area contributed by atoms with Gasteiger partial charge in [-0.2, -0.15) is 0 Å². The molecule has 0 bridgehead atoms. The van der Waals surface area contributed by atoms with Gasteiger partial charge in [0.1, 0.15) is 15.6 Å². The van der Waals surface area contributed by atoms with E-state index in [-0.39, 0.29) is 22.9 Å². The lowest BCUT2D eigenvalue weighted by molar-refractivity contribution is -0.119. The second-order valence-corrected chi connectivity index (χ2v) is 9.23. The summed E-state index contributed by atoms with van der Waals surface area (Å²) < 4.78 is 31.7. The summed E-state index contributed by atoms with van der Waals surface area (Å²) in [5.41, 5.74) is 2.07. The number of thiazole rings is 1. The van der Waals surface area contributed by atoms with Crippen molar-refractivity contribution in [3.63, 3.8) is 0 Å². The maximum absolute atomic E-state index is 12.3. The van der Waals surface area contributed by atoms with Crippen molar-refractivity contribution < 1.29 is 17.7 Å². The van der Waals surface area contributed by atoms with Crippen LogP contribution in [0, 0.1) is 13.8 Å². The molecule has 0 radical (unpaired) electrons. The summed E-state index contributed by atoms with van der Waals surface area (Å²) in [5.74, 6) is -0.260. The molecule has 0 aliphatic carbocycles. The van der Waals surface area contributed by atoms with Crippen molar-refractivity contribution in [1.82, 2.24) is 20.2 Å². The zero-order valence-electron chi connectivity index (χ0n) is 15.7. The van der Waals surface area contributed by atoms with Crippen molar-refractivity contribution in [3.05, 3.63) is 51.8 Å². The van der Waals surface area contributed by atoms with Crippen LogP contribution in [0.1, 0.15) is 17.1 Å². The van der Waals surface area contributed by atoms with Gasteiger partial charge in [-0.05, 0) is 26.0 Å². The molecule has 0 saturated heterocycles. The topological polar surface area (TPSA) is 114 Å². The van der Waals surface area contributed by atoms with Crippen LogP contribution in [0.15, 0.2) is 39.1 Å². The smallest absolute Gasteiger partial charge is 0.246 e. The number of hydrogen-bond donors (Lipinski definition) is 2. The van der Waals surface area contributed by atoms with Gasteiger partial charge in [-0.25, -0.2) is 18.1 Å². The average Bonchev–Trinajstić information content (AvgIpc) is 3.27. The minimum atomic E-state index is -3.87. The number of aryl methyl sites for hydroxylation is 2. The summed E-state index contributed by atoms with van der Waals surface area (Å²) in [4.78, 5) is 16.5. The highest BCUT2D eigenvalue weighted by Crippen LogP contribution is 2.25. The van der Waals surface area contributed by atoms with Crippen LogP contribution in [0.4, 0.5) is 0 Å². The Hall–Kier alpha value is -2.27. The van der Waals surface area contributed by atoms with E-state index < -0.39 is 15.9 Å². The third kappa shape index (κ3) is 5.41. The largest absolute Gasteiger partial charge is 0.360 e. The van der Waals surface area contributed by atoms with Gasteiger partial charge >= 0.3 is 0 Å². The van der Waals surface area contributed by atoms with Crippen LogP contribution in [-0.4, -0.2) is 37.6 Å². The van der Waals surface area contributed by atoms with E-state index in [2.05, 4.69) is 20.2 Å². The van der Waals surface area contributed by atoms with Gasteiger partial charge in [0.15, 0.2) is 5.76 Å².